The van der Waals surface area contributed by atoms with Crippen molar-refractivity contribution in [1.29, 1.82) is 0 Å². The van der Waals surface area contributed by atoms with Crippen molar-refractivity contribution in [2.75, 3.05) is 10.6 Å². The van der Waals surface area contributed by atoms with Gasteiger partial charge in [0.25, 0.3) is 0 Å². The second kappa shape index (κ2) is 8.70. The van der Waals surface area contributed by atoms with Crippen LogP contribution in [0.15, 0.2) is 48.5 Å². The first-order valence-electron chi connectivity index (χ1n) is 7.70. The molecule has 6 heteroatoms. The normalized spacial score (nSPS) is 10.9. The monoisotopic (exact) mass is 376 g/mol. The zero-order chi connectivity index (χ0) is 18.4. The molecule has 2 amide bonds. The van der Waals surface area contributed by atoms with Gasteiger partial charge in [0.1, 0.15) is 0 Å². The van der Waals surface area contributed by atoms with Crippen molar-refractivity contribution in [3.05, 3.63) is 64.1 Å². The molecule has 2 aromatic carbocycles. The molecule has 0 bridgehead atoms. The minimum atomic E-state index is -0.307. The molecule has 4 nitrogen and oxygen atoms in total. The summed E-state index contributed by atoms with van der Waals surface area (Å²) in [5.74, 6) is -0.510. The largest absolute Gasteiger partial charge is 0.326 e. The van der Waals surface area contributed by atoms with Crippen LogP contribution in [0.25, 0.3) is 6.08 Å². The molecule has 0 aromatic heterocycles. The molecule has 2 N–H and O–H groups in total. The molecule has 2 rings (SSSR count). The van der Waals surface area contributed by atoms with Crippen LogP contribution in [0.5, 0.6) is 0 Å². The fourth-order valence-corrected chi connectivity index (χ4v) is 2.42. The van der Waals surface area contributed by atoms with E-state index in [1.54, 1.807) is 48.5 Å². The van der Waals surface area contributed by atoms with Crippen LogP contribution in [-0.4, -0.2) is 11.8 Å². The Labute approximate surface area is 156 Å². The standard InChI is InChI=1S/C19H18Cl2N2O2/c1-12(2)19(25)23-16-5-3-4-15(11-16)22-18(24)9-7-13-6-8-14(20)10-17(13)21/h3-12H,1-2H3,(H,22,24)(H,23,25)/b9-7+. The molecule has 0 heterocycles. The fourth-order valence-electron chi connectivity index (χ4n) is 1.95. The van der Waals surface area contributed by atoms with E-state index >= 15 is 0 Å². The summed E-state index contributed by atoms with van der Waals surface area (Å²) >= 11 is 11.9. The maximum absolute atomic E-state index is 12.1. The fraction of sp³-hybridized carbons (Fsp3) is 0.158. The third kappa shape index (κ3) is 5.93. The zero-order valence-corrected chi connectivity index (χ0v) is 15.4. The van der Waals surface area contributed by atoms with E-state index in [2.05, 4.69) is 10.6 Å². The SMILES string of the molecule is CC(C)C(=O)Nc1cccc(NC(=O)/C=C/c2ccc(Cl)cc2Cl)c1. The number of anilines is 2. The Bertz CT molecular complexity index is 817. The predicted octanol–water partition coefficient (Wildman–Crippen LogP) is 5.24. The van der Waals surface area contributed by atoms with E-state index in [-0.39, 0.29) is 17.7 Å². The number of carbonyl (C=O) groups is 2. The highest BCUT2D eigenvalue weighted by Crippen LogP contribution is 2.22. The number of carbonyl (C=O) groups excluding carboxylic acids is 2. The number of benzene rings is 2. The summed E-state index contributed by atoms with van der Waals surface area (Å²) in [6.45, 7) is 3.63. The lowest BCUT2D eigenvalue weighted by Gasteiger charge is -2.09. The van der Waals surface area contributed by atoms with Crippen LogP contribution in [-0.2, 0) is 9.59 Å². The van der Waals surface area contributed by atoms with Crippen molar-refractivity contribution < 1.29 is 9.59 Å². The summed E-state index contributed by atoms with van der Waals surface area (Å²) in [5.41, 5.74) is 1.90. The van der Waals surface area contributed by atoms with Gasteiger partial charge in [-0.1, -0.05) is 49.2 Å². The van der Waals surface area contributed by atoms with Gasteiger partial charge < -0.3 is 10.6 Å². The first-order valence-corrected chi connectivity index (χ1v) is 8.46. The lowest BCUT2D eigenvalue weighted by molar-refractivity contribution is -0.119. The maximum atomic E-state index is 12.1. The Balaban J connectivity index is 2.03. The van der Waals surface area contributed by atoms with Crippen molar-refractivity contribution >= 4 is 52.5 Å². The quantitative estimate of drug-likeness (QED) is 0.700. The number of nitrogens with one attached hydrogen (secondary N) is 2. The molecule has 0 spiro atoms. The van der Waals surface area contributed by atoms with Gasteiger partial charge in [-0.05, 0) is 42.0 Å². The van der Waals surface area contributed by atoms with Crippen LogP contribution in [0.4, 0.5) is 11.4 Å². The smallest absolute Gasteiger partial charge is 0.248 e. The Hall–Kier alpha value is -2.30. The third-order valence-electron chi connectivity index (χ3n) is 3.30. The first kappa shape index (κ1) is 19.0. The van der Waals surface area contributed by atoms with Gasteiger partial charge in [0.2, 0.25) is 11.8 Å². The number of amides is 2. The van der Waals surface area contributed by atoms with Crippen molar-refractivity contribution in [2.45, 2.75) is 13.8 Å². The number of halogens is 2. The van der Waals surface area contributed by atoms with Crippen molar-refractivity contribution in [3.8, 4) is 0 Å². The molecule has 0 radical (unpaired) electrons. The summed E-state index contributed by atoms with van der Waals surface area (Å²) in [5, 5.41) is 6.53. The van der Waals surface area contributed by atoms with E-state index in [0.717, 1.165) is 0 Å². The molecule has 0 atom stereocenters. The topological polar surface area (TPSA) is 58.2 Å². The second-order valence-electron chi connectivity index (χ2n) is 5.71. The summed E-state index contributed by atoms with van der Waals surface area (Å²) in [6, 6.07) is 12.0. The van der Waals surface area contributed by atoms with Gasteiger partial charge in [-0.3, -0.25) is 9.59 Å². The van der Waals surface area contributed by atoms with Crippen LogP contribution >= 0.6 is 23.2 Å². The van der Waals surface area contributed by atoms with Crippen LogP contribution < -0.4 is 10.6 Å². The third-order valence-corrected chi connectivity index (χ3v) is 3.86. The van der Waals surface area contributed by atoms with Gasteiger partial charge in [-0.2, -0.15) is 0 Å². The van der Waals surface area contributed by atoms with Crippen LogP contribution in [0.2, 0.25) is 10.0 Å². The minimum Gasteiger partial charge on any atom is -0.326 e. The molecule has 0 saturated heterocycles. The zero-order valence-electron chi connectivity index (χ0n) is 13.8. The van der Waals surface area contributed by atoms with Gasteiger partial charge in [-0.25, -0.2) is 0 Å². The highest BCUT2D eigenvalue weighted by atomic mass is 35.5. The van der Waals surface area contributed by atoms with Crippen molar-refractivity contribution in [2.24, 2.45) is 5.92 Å². The van der Waals surface area contributed by atoms with Crippen molar-refractivity contribution in [1.82, 2.24) is 0 Å². The van der Waals surface area contributed by atoms with Gasteiger partial charge in [0, 0.05) is 33.4 Å². The highest BCUT2D eigenvalue weighted by Gasteiger charge is 2.07. The lowest BCUT2D eigenvalue weighted by atomic mass is 10.2. The molecule has 0 aliphatic rings. The molecule has 0 saturated carbocycles. The molecular formula is C19H18Cl2N2O2. The predicted molar refractivity (Wildman–Crippen MR) is 104 cm³/mol. The lowest BCUT2D eigenvalue weighted by Crippen LogP contribution is -2.17. The van der Waals surface area contributed by atoms with Gasteiger partial charge >= 0.3 is 0 Å². The summed E-state index contributed by atoms with van der Waals surface area (Å²) in [6.07, 6.45) is 2.99. The summed E-state index contributed by atoms with van der Waals surface area (Å²) < 4.78 is 0. The number of hydrogen-bond acceptors (Lipinski definition) is 2. The molecule has 0 fully saturated rings. The van der Waals surface area contributed by atoms with Gasteiger partial charge in [0.15, 0.2) is 0 Å². The average Bonchev–Trinajstić information content (AvgIpc) is 2.54. The molecule has 0 aliphatic carbocycles. The molecule has 25 heavy (non-hydrogen) atoms. The Morgan fingerprint density at radius 3 is 2.32 bits per heavy atom. The summed E-state index contributed by atoms with van der Waals surface area (Å²) in [4.78, 5) is 23.8. The van der Waals surface area contributed by atoms with E-state index in [0.29, 0.717) is 27.0 Å². The van der Waals surface area contributed by atoms with Crippen molar-refractivity contribution in [3.63, 3.8) is 0 Å². The molecule has 0 aliphatic heterocycles. The van der Waals surface area contributed by atoms with Crippen LogP contribution in [0.1, 0.15) is 19.4 Å². The first-order chi connectivity index (χ1) is 11.8. The van der Waals surface area contributed by atoms with E-state index < -0.39 is 0 Å². The molecule has 0 unspecified atom stereocenters. The number of rotatable bonds is 5. The Kier molecular flexibility index (Phi) is 6.62. The molecule has 130 valence electrons. The van der Waals surface area contributed by atoms with Gasteiger partial charge in [0.05, 0.1) is 0 Å². The van der Waals surface area contributed by atoms with Crippen LogP contribution in [0.3, 0.4) is 0 Å². The Morgan fingerprint density at radius 2 is 1.68 bits per heavy atom. The Morgan fingerprint density at radius 1 is 1.00 bits per heavy atom. The van der Waals surface area contributed by atoms with E-state index in [9.17, 15) is 9.59 Å². The molecular weight excluding hydrogens is 359 g/mol. The highest BCUT2D eigenvalue weighted by molar-refractivity contribution is 6.35. The maximum Gasteiger partial charge on any atom is 0.248 e. The second-order valence-corrected chi connectivity index (χ2v) is 6.56. The van der Waals surface area contributed by atoms with E-state index in [4.69, 9.17) is 23.2 Å². The number of hydrogen-bond donors (Lipinski definition) is 2. The minimum absolute atomic E-state index is 0.0826. The molecule has 2 aromatic rings. The average molecular weight is 377 g/mol. The van der Waals surface area contributed by atoms with Gasteiger partial charge in [-0.15, -0.1) is 0 Å². The van der Waals surface area contributed by atoms with E-state index in [1.807, 2.05) is 13.8 Å². The van der Waals surface area contributed by atoms with E-state index in [1.165, 1.54) is 6.08 Å². The summed E-state index contributed by atoms with van der Waals surface area (Å²) in [7, 11) is 0. The van der Waals surface area contributed by atoms with Crippen LogP contribution in [0, 0.1) is 5.92 Å².